The number of carbonyl (C=O) groups is 2. The topological polar surface area (TPSA) is 72.6 Å². The molecule has 0 bridgehead atoms. The maximum Gasteiger partial charge on any atom is 0.248 e. The highest BCUT2D eigenvalue weighted by atomic mass is 16.5. The second kappa shape index (κ2) is 5.52. The number of benzene rings is 2. The molecule has 0 saturated carbocycles. The van der Waals surface area contributed by atoms with Crippen LogP contribution in [-0.2, 0) is 17.8 Å². The van der Waals surface area contributed by atoms with Crippen LogP contribution < -0.4 is 15.4 Å². The summed E-state index contributed by atoms with van der Waals surface area (Å²) in [4.78, 5) is 25.2. The summed E-state index contributed by atoms with van der Waals surface area (Å²) in [7, 11) is 1.61. The second-order valence-corrected chi connectivity index (χ2v) is 5.21. The zero-order chi connectivity index (χ0) is 15.7. The zero-order valence-corrected chi connectivity index (χ0v) is 12.2. The van der Waals surface area contributed by atoms with Gasteiger partial charge in [0.05, 0.1) is 20.1 Å². The molecule has 0 atom stereocenters. The number of fused-ring (bicyclic) bond motifs is 1. The van der Waals surface area contributed by atoms with Gasteiger partial charge in [0.2, 0.25) is 11.8 Å². The fourth-order valence-corrected chi connectivity index (χ4v) is 2.60. The van der Waals surface area contributed by atoms with Crippen LogP contribution in [0.25, 0.3) is 0 Å². The van der Waals surface area contributed by atoms with E-state index in [-0.39, 0.29) is 5.91 Å². The number of primary amides is 1. The van der Waals surface area contributed by atoms with Crippen molar-refractivity contribution >= 4 is 17.5 Å². The standard InChI is InChI=1S/C17H16N2O3/c1-22-14-6-2-11(3-7-14)10-19-15-8-13(17(18)21)5-4-12(15)9-16(19)20/h2-8H,9-10H2,1H3,(H2,18,21). The first-order chi connectivity index (χ1) is 10.6. The van der Waals surface area contributed by atoms with E-state index in [4.69, 9.17) is 10.5 Å². The maximum atomic E-state index is 12.2. The molecule has 1 aliphatic rings. The van der Waals surface area contributed by atoms with Crippen LogP contribution in [0.2, 0.25) is 0 Å². The van der Waals surface area contributed by atoms with E-state index in [1.807, 2.05) is 24.3 Å². The highest BCUT2D eigenvalue weighted by molar-refractivity contribution is 6.03. The summed E-state index contributed by atoms with van der Waals surface area (Å²) in [5.74, 6) is 0.298. The molecular formula is C17H16N2O3. The van der Waals surface area contributed by atoms with Gasteiger partial charge in [-0.3, -0.25) is 9.59 Å². The Hall–Kier alpha value is -2.82. The average molecular weight is 296 g/mol. The Labute approximate surface area is 128 Å². The molecule has 0 fully saturated rings. The molecule has 0 aliphatic carbocycles. The number of methoxy groups -OCH3 is 1. The Balaban J connectivity index is 1.90. The predicted molar refractivity (Wildman–Crippen MR) is 82.8 cm³/mol. The van der Waals surface area contributed by atoms with Gasteiger partial charge in [0.15, 0.2) is 0 Å². The Kier molecular flexibility index (Phi) is 3.55. The Morgan fingerprint density at radius 1 is 1.23 bits per heavy atom. The minimum absolute atomic E-state index is 0.0208. The number of amides is 2. The fourth-order valence-electron chi connectivity index (χ4n) is 2.60. The molecule has 0 unspecified atom stereocenters. The van der Waals surface area contributed by atoms with E-state index in [2.05, 4.69) is 0 Å². The van der Waals surface area contributed by atoms with E-state index in [1.165, 1.54) is 0 Å². The Morgan fingerprint density at radius 3 is 2.59 bits per heavy atom. The molecule has 5 heteroatoms. The molecule has 1 aliphatic heterocycles. The van der Waals surface area contributed by atoms with Gasteiger partial charge in [-0.1, -0.05) is 18.2 Å². The molecule has 0 spiro atoms. The molecule has 2 aromatic carbocycles. The zero-order valence-electron chi connectivity index (χ0n) is 12.2. The minimum Gasteiger partial charge on any atom is -0.497 e. The number of nitrogens with zero attached hydrogens (tertiary/aromatic N) is 1. The Morgan fingerprint density at radius 2 is 1.95 bits per heavy atom. The van der Waals surface area contributed by atoms with Crippen LogP contribution in [0.4, 0.5) is 5.69 Å². The van der Waals surface area contributed by atoms with Crippen LogP contribution in [0.3, 0.4) is 0 Å². The monoisotopic (exact) mass is 296 g/mol. The number of rotatable bonds is 4. The van der Waals surface area contributed by atoms with Crippen molar-refractivity contribution < 1.29 is 14.3 Å². The summed E-state index contributed by atoms with van der Waals surface area (Å²) < 4.78 is 5.13. The smallest absolute Gasteiger partial charge is 0.248 e. The third-order valence-electron chi connectivity index (χ3n) is 3.80. The van der Waals surface area contributed by atoms with Crippen LogP contribution in [-0.4, -0.2) is 18.9 Å². The lowest BCUT2D eigenvalue weighted by atomic mass is 10.1. The molecule has 0 aromatic heterocycles. The van der Waals surface area contributed by atoms with E-state index in [1.54, 1.807) is 30.2 Å². The second-order valence-electron chi connectivity index (χ2n) is 5.21. The SMILES string of the molecule is COc1ccc(CN2C(=O)Cc3ccc(C(N)=O)cc32)cc1. The molecular weight excluding hydrogens is 280 g/mol. The number of carbonyl (C=O) groups excluding carboxylic acids is 2. The number of nitrogens with two attached hydrogens (primary N) is 1. The Bertz CT molecular complexity index is 738. The predicted octanol–water partition coefficient (Wildman–Crippen LogP) is 1.88. The third-order valence-corrected chi connectivity index (χ3v) is 3.80. The summed E-state index contributed by atoms with van der Waals surface area (Å²) in [6.45, 7) is 0.456. The molecule has 1 heterocycles. The van der Waals surface area contributed by atoms with Crippen molar-refractivity contribution in [3.63, 3.8) is 0 Å². The van der Waals surface area contributed by atoms with E-state index in [9.17, 15) is 9.59 Å². The van der Waals surface area contributed by atoms with Crippen molar-refractivity contribution in [2.75, 3.05) is 12.0 Å². The lowest BCUT2D eigenvalue weighted by molar-refractivity contribution is -0.117. The molecule has 2 N–H and O–H groups in total. The van der Waals surface area contributed by atoms with Crippen LogP contribution >= 0.6 is 0 Å². The summed E-state index contributed by atoms with van der Waals surface area (Å²) in [5, 5.41) is 0. The fraction of sp³-hybridized carbons (Fsp3) is 0.176. The van der Waals surface area contributed by atoms with Crippen molar-refractivity contribution in [3.8, 4) is 5.75 Å². The largest absolute Gasteiger partial charge is 0.497 e. The highest BCUT2D eigenvalue weighted by Crippen LogP contribution is 2.31. The quantitative estimate of drug-likeness (QED) is 0.936. The minimum atomic E-state index is -0.494. The van der Waals surface area contributed by atoms with Gasteiger partial charge in [-0.2, -0.15) is 0 Å². The number of hydrogen-bond acceptors (Lipinski definition) is 3. The number of ether oxygens (including phenoxy) is 1. The van der Waals surface area contributed by atoms with Crippen molar-refractivity contribution in [1.82, 2.24) is 0 Å². The summed E-state index contributed by atoms with van der Waals surface area (Å²) in [6, 6.07) is 12.7. The van der Waals surface area contributed by atoms with Crippen LogP contribution in [0.1, 0.15) is 21.5 Å². The van der Waals surface area contributed by atoms with Crippen LogP contribution in [0, 0.1) is 0 Å². The van der Waals surface area contributed by atoms with Gasteiger partial charge in [-0.15, -0.1) is 0 Å². The van der Waals surface area contributed by atoms with Gasteiger partial charge in [0.25, 0.3) is 0 Å². The molecule has 112 valence electrons. The third kappa shape index (κ3) is 2.53. The first kappa shape index (κ1) is 14.1. The highest BCUT2D eigenvalue weighted by Gasteiger charge is 2.27. The van der Waals surface area contributed by atoms with E-state index in [0.29, 0.717) is 18.5 Å². The van der Waals surface area contributed by atoms with Gasteiger partial charge < -0.3 is 15.4 Å². The van der Waals surface area contributed by atoms with Gasteiger partial charge in [0, 0.05) is 11.3 Å². The van der Waals surface area contributed by atoms with Gasteiger partial charge in [-0.05, 0) is 35.4 Å². The normalized spacial score (nSPS) is 13.1. The number of hydrogen-bond donors (Lipinski definition) is 1. The van der Waals surface area contributed by atoms with E-state index < -0.39 is 5.91 Å². The van der Waals surface area contributed by atoms with Gasteiger partial charge in [0.1, 0.15) is 5.75 Å². The van der Waals surface area contributed by atoms with E-state index >= 15 is 0 Å². The first-order valence-electron chi connectivity index (χ1n) is 6.94. The molecule has 3 rings (SSSR count). The molecule has 2 amide bonds. The van der Waals surface area contributed by atoms with Crippen molar-refractivity contribution in [3.05, 3.63) is 59.2 Å². The molecule has 2 aromatic rings. The maximum absolute atomic E-state index is 12.2. The molecule has 0 radical (unpaired) electrons. The summed E-state index contributed by atoms with van der Waals surface area (Å²) >= 11 is 0. The van der Waals surface area contributed by atoms with Gasteiger partial charge in [-0.25, -0.2) is 0 Å². The summed E-state index contributed by atoms with van der Waals surface area (Å²) in [5.41, 5.74) is 8.40. The number of anilines is 1. The molecule has 5 nitrogen and oxygen atoms in total. The summed E-state index contributed by atoms with van der Waals surface area (Å²) in [6.07, 6.45) is 0.352. The lowest BCUT2D eigenvalue weighted by Crippen LogP contribution is -2.26. The van der Waals surface area contributed by atoms with Gasteiger partial charge >= 0.3 is 0 Å². The van der Waals surface area contributed by atoms with Crippen molar-refractivity contribution in [2.45, 2.75) is 13.0 Å². The van der Waals surface area contributed by atoms with Crippen LogP contribution in [0.5, 0.6) is 5.75 Å². The van der Waals surface area contributed by atoms with E-state index in [0.717, 1.165) is 22.6 Å². The lowest BCUT2D eigenvalue weighted by Gasteiger charge is -2.18. The van der Waals surface area contributed by atoms with Crippen molar-refractivity contribution in [2.24, 2.45) is 5.73 Å². The molecule has 22 heavy (non-hydrogen) atoms. The molecule has 0 saturated heterocycles. The average Bonchev–Trinajstić information content (AvgIpc) is 2.83. The first-order valence-corrected chi connectivity index (χ1v) is 6.94. The van der Waals surface area contributed by atoms with Crippen LogP contribution in [0.15, 0.2) is 42.5 Å². The van der Waals surface area contributed by atoms with Crippen molar-refractivity contribution in [1.29, 1.82) is 0 Å².